The molecule has 0 saturated heterocycles. The lowest BCUT2D eigenvalue weighted by Crippen LogP contribution is -2.06. The fourth-order valence-corrected chi connectivity index (χ4v) is 3.32. The Morgan fingerprint density at radius 2 is 2.00 bits per heavy atom. The second kappa shape index (κ2) is 5.08. The molecule has 0 spiro atoms. The number of rotatable bonds is 2. The number of thiazole rings is 1. The van der Waals surface area contributed by atoms with E-state index < -0.39 is 0 Å². The van der Waals surface area contributed by atoms with E-state index in [0.717, 1.165) is 5.69 Å². The molecule has 1 aromatic heterocycles. The molecule has 1 aliphatic rings. The zero-order valence-corrected chi connectivity index (χ0v) is 10.2. The predicted molar refractivity (Wildman–Crippen MR) is 65.2 cm³/mol. The second-order valence-corrected chi connectivity index (χ2v) is 5.48. The second-order valence-electron chi connectivity index (χ2n) is 4.59. The summed E-state index contributed by atoms with van der Waals surface area (Å²) < 4.78 is 0. The van der Waals surface area contributed by atoms with Gasteiger partial charge in [0, 0.05) is 17.3 Å². The van der Waals surface area contributed by atoms with Crippen LogP contribution < -0.4 is 5.73 Å². The molecule has 0 amide bonds. The van der Waals surface area contributed by atoms with Gasteiger partial charge in [-0.3, -0.25) is 0 Å². The van der Waals surface area contributed by atoms with Crippen LogP contribution in [0.25, 0.3) is 0 Å². The van der Waals surface area contributed by atoms with Gasteiger partial charge in [-0.1, -0.05) is 25.7 Å². The molecule has 1 saturated carbocycles. The van der Waals surface area contributed by atoms with Crippen molar-refractivity contribution in [2.24, 2.45) is 5.73 Å². The van der Waals surface area contributed by atoms with Gasteiger partial charge in [0.15, 0.2) is 0 Å². The van der Waals surface area contributed by atoms with Gasteiger partial charge in [0.1, 0.15) is 0 Å². The van der Waals surface area contributed by atoms with E-state index in [2.05, 4.69) is 10.4 Å². The molecular formula is C12H20N2S. The van der Waals surface area contributed by atoms with Crippen LogP contribution in [0.1, 0.15) is 68.1 Å². The van der Waals surface area contributed by atoms with Gasteiger partial charge in [-0.05, 0) is 19.8 Å². The molecule has 1 aromatic rings. The summed E-state index contributed by atoms with van der Waals surface area (Å²) in [4.78, 5) is 4.67. The Morgan fingerprint density at radius 3 is 2.53 bits per heavy atom. The average molecular weight is 224 g/mol. The summed E-state index contributed by atoms with van der Waals surface area (Å²) in [5.41, 5.74) is 6.90. The van der Waals surface area contributed by atoms with Crippen LogP contribution in [0.5, 0.6) is 0 Å². The van der Waals surface area contributed by atoms with Gasteiger partial charge in [0.05, 0.1) is 10.7 Å². The average Bonchev–Trinajstić information content (AvgIpc) is 2.55. The van der Waals surface area contributed by atoms with E-state index in [0.29, 0.717) is 5.92 Å². The molecule has 1 atom stereocenters. The topological polar surface area (TPSA) is 38.9 Å². The van der Waals surface area contributed by atoms with E-state index in [-0.39, 0.29) is 6.04 Å². The first-order valence-corrected chi connectivity index (χ1v) is 6.86. The summed E-state index contributed by atoms with van der Waals surface area (Å²) in [6, 6.07) is 0.0841. The maximum absolute atomic E-state index is 5.83. The number of hydrogen-bond acceptors (Lipinski definition) is 3. The zero-order chi connectivity index (χ0) is 10.7. The van der Waals surface area contributed by atoms with Gasteiger partial charge >= 0.3 is 0 Å². The van der Waals surface area contributed by atoms with Crippen molar-refractivity contribution >= 4 is 11.3 Å². The highest BCUT2D eigenvalue weighted by Gasteiger charge is 2.18. The number of aromatic nitrogens is 1. The maximum atomic E-state index is 5.83. The monoisotopic (exact) mass is 224 g/mol. The number of nitrogens with two attached hydrogens (primary N) is 1. The summed E-state index contributed by atoms with van der Waals surface area (Å²) in [6.45, 7) is 2.01. The first-order valence-electron chi connectivity index (χ1n) is 5.98. The van der Waals surface area contributed by atoms with Gasteiger partial charge in [-0.15, -0.1) is 11.3 Å². The Hall–Kier alpha value is -0.410. The number of nitrogens with zero attached hydrogens (tertiary/aromatic N) is 1. The molecule has 2 N–H and O–H groups in total. The molecule has 2 rings (SSSR count). The van der Waals surface area contributed by atoms with Gasteiger partial charge in [-0.25, -0.2) is 4.98 Å². The Bertz CT molecular complexity index is 298. The third kappa shape index (κ3) is 2.79. The van der Waals surface area contributed by atoms with Crippen LogP contribution in [0.15, 0.2) is 5.38 Å². The summed E-state index contributed by atoms with van der Waals surface area (Å²) in [7, 11) is 0. The summed E-state index contributed by atoms with van der Waals surface area (Å²) in [5.74, 6) is 0.713. The van der Waals surface area contributed by atoms with E-state index in [1.807, 2.05) is 6.92 Å². The van der Waals surface area contributed by atoms with Crippen molar-refractivity contribution in [2.45, 2.75) is 57.4 Å². The Balaban J connectivity index is 2.06. The van der Waals surface area contributed by atoms with E-state index in [1.54, 1.807) is 11.3 Å². The Kier molecular flexibility index (Phi) is 3.76. The number of hydrogen-bond donors (Lipinski definition) is 1. The van der Waals surface area contributed by atoms with Crippen molar-refractivity contribution in [3.63, 3.8) is 0 Å². The van der Waals surface area contributed by atoms with E-state index in [4.69, 9.17) is 5.73 Å². The van der Waals surface area contributed by atoms with Crippen LogP contribution in [0, 0.1) is 0 Å². The van der Waals surface area contributed by atoms with Gasteiger partial charge in [-0.2, -0.15) is 0 Å². The lowest BCUT2D eigenvalue weighted by atomic mass is 10.0. The van der Waals surface area contributed by atoms with Crippen LogP contribution in [0.2, 0.25) is 0 Å². The summed E-state index contributed by atoms with van der Waals surface area (Å²) in [5, 5.41) is 3.45. The molecule has 0 aromatic carbocycles. The lowest BCUT2D eigenvalue weighted by molar-refractivity contribution is 0.585. The highest BCUT2D eigenvalue weighted by atomic mass is 32.1. The molecule has 1 heterocycles. The first kappa shape index (κ1) is 11.1. The zero-order valence-electron chi connectivity index (χ0n) is 9.41. The third-order valence-corrected chi connectivity index (χ3v) is 4.24. The molecule has 0 bridgehead atoms. The molecular weight excluding hydrogens is 204 g/mol. The summed E-state index contributed by atoms with van der Waals surface area (Å²) in [6.07, 6.45) is 8.21. The van der Waals surface area contributed by atoms with Crippen molar-refractivity contribution in [3.8, 4) is 0 Å². The van der Waals surface area contributed by atoms with Crippen LogP contribution in [0.4, 0.5) is 0 Å². The van der Waals surface area contributed by atoms with Crippen molar-refractivity contribution in [3.05, 3.63) is 16.1 Å². The Labute approximate surface area is 95.9 Å². The fourth-order valence-electron chi connectivity index (χ4n) is 2.22. The molecule has 1 unspecified atom stereocenters. The molecule has 1 aliphatic carbocycles. The fraction of sp³-hybridized carbons (Fsp3) is 0.750. The molecule has 15 heavy (non-hydrogen) atoms. The van der Waals surface area contributed by atoms with Crippen LogP contribution >= 0.6 is 11.3 Å². The SMILES string of the molecule is CC(N)c1csc(C2CCCCCC2)n1. The quantitative estimate of drug-likeness (QED) is 0.780. The standard InChI is InChI=1S/C12H20N2S/c1-9(13)11-8-15-12(14-11)10-6-4-2-3-5-7-10/h8-10H,2-7,13H2,1H3. The minimum Gasteiger partial charge on any atom is -0.323 e. The molecule has 84 valence electrons. The van der Waals surface area contributed by atoms with Gasteiger partial charge in [0.2, 0.25) is 0 Å². The third-order valence-electron chi connectivity index (χ3n) is 3.21. The van der Waals surface area contributed by atoms with E-state index in [1.165, 1.54) is 43.5 Å². The molecule has 0 aliphatic heterocycles. The lowest BCUT2D eigenvalue weighted by Gasteiger charge is -2.09. The highest BCUT2D eigenvalue weighted by Crippen LogP contribution is 2.33. The van der Waals surface area contributed by atoms with E-state index >= 15 is 0 Å². The molecule has 0 radical (unpaired) electrons. The van der Waals surface area contributed by atoms with Gasteiger partial charge < -0.3 is 5.73 Å². The predicted octanol–water partition coefficient (Wildman–Crippen LogP) is 3.60. The molecule has 3 heteroatoms. The van der Waals surface area contributed by atoms with Gasteiger partial charge in [0.25, 0.3) is 0 Å². The van der Waals surface area contributed by atoms with Crippen LogP contribution in [-0.4, -0.2) is 4.98 Å². The normalized spacial score (nSPS) is 21.2. The van der Waals surface area contributed by atoms with Crippen LogP contribution in [0.3, 0.4) is 0 Å². The largest absolute Gasteiger partial charge is 0.323 e. The van der Waals surface area contributed by atoms with Crippen LogP contribution in [-0.2, 0) is 0 Å². The van der Waals surface area contributed by atoms with Crippen molar-refractivity contribution < 1.29 is 0 Å². The Morgan fingerprint density at radius 1 is 1.33 bits per heavy atom. The minimum absolute atomic E-state index is 0.0841. The smallest absolute Gasteiger partial charge is 0.0959 e. The molecule has 1 fully saturated rings. The minimum atomic E-state index is 0.0841. The van der Waals surface area contributed by atoms with Crippen molar-refractivity contribution in [1.82, 2.24) is 4.98 Å². The molecule has 2 nitrogen and oxygen atoms in total. The highest BCUT2D eigenvalue weighted by molar-refractivity contribution is 7.09. The summed E-state index contributed by atoms with van der Waals surface area (Å²) >= 11 is 1.80. The van der Waals surface area contributed by atoms with Crippen molar-refractivity contribution in [1.29, 1.82) is 0 Å². The van der Waals surface area contributed by atoms with Crippen molar-refractivity contribution in [2.75, 3.05) is 0 Å². The maximum Gasteiger partial charge on any atom is 0.0959 e. The first-order chi connectivity index (χ1) is 7.27. The van der Waals surface area contributed by atoms with E-state index in [9.17, 15) is 0 Å².